The van der Waals surface area contributed by atoms with Gasteiger partial charge in [-0.2, -0.15) is 5.10 Å². The zero-order valence-corrected chi connectivity index (χ0v) is 7.61. The topological polar surface area (TPSA) is 55.0 Å². The number of hydrogen-bond acceptors (Lipinski definition) is 4. The predicted octanol–water partition coefficient (Wildman–Crippen LogP) is 1.05. The lowest BCUT2D eigenvalue weighted by Gasteiger charge is -2.27. The van der Waals surface area contributed by atoms with Crippen LogP contribution >= 0.6 is 0 Å². The van der Waals surface area contributed by atoms with Crippen molar-refractivity contribution in [1.29, 1.82) is 0 Å². The van der Waals surface area contributed by atoms with Crippen LogP contribution in [0.4, 0.5) is 11.5 Å². The van der Waals surface area contributed by atoms with E-state index in [1.807, 2.05) is 0 Å². The molecular weight excluding hydrogens is 164 g/mol. The fourth-order valence-electron chi connectivity index (χ4n) is 1.69. The molecule has 1 aliphatic heterocycles. The van der Waals surface area contributed by atoms with Gasteiger partial charge in [0.1, 0.15) is 0 Å². The van der Waals surface area contributed by atoms with Crippen molar-refractivity contribution in [3.63, 3.8) is 0 Å². The first kappa shape index (κ1) is 8.29. The number of nitrogen functional groups attached to an aromatic ring is 1. The molecule has 2 heterocycles. The van der Waals surface area contributed by atoms with Crippen LogP contribution in [0.25, 0.3) is 0 Å². The quantitative estimate of drug-likeness (QED) is 0.698. The number of rotatable bonds is 1. The van der Waals surface area contributed by atoms with Crippen LogP contribution in [0.5, 0.6) is 0 Å². The summed E-state index contributed by atoms with van der Waals surface area (Å²) in [5.41, 5.74) is 6.54. The maximum Gasteiger partial charge on any atom is 0.174 e. The molecule has 0 amide bonds. The van der Waals surface area contributed by atoms with Gasteiger partial charge in [-0.15, -0.1) is 5.10 Å². The van der Waals surface area contributed by atoms with E-state index in [9.17, 15) is 0 Å². The van der Waals surface area contributed by atoms with Gasteiger partial charge in [0.25, 0.3) is 0 Å². The zero-order chi connectivity index (χ0) is 9.10. The summed E-state index contributed by atoms with van der Waals surface area (Å²) in [5.74, 6) is 0.849. The third kappa shape index (κ3) is 1.71. The summed E-state index contributed by atoms with van der Waals surface area (Å²) in [4.78, 5) is 2.21. The first-order chi connectivity index (χ1) is 6.38. The third-order valence-corrected chi connectivity index (χ3v) is 2.39. The van der Waals surface area contributed by atoms with Crippen LogP contribution in [0.2, 0.25) is 0 Å². The highest BCUT2D eigenvalue weighted by atomic mass is 15.3. The van der Waals surface area contributed by atoms with E-state index in [2.05, 4.69) is 15.1 Å². The second kappa shape index (κ2) is 3.60. The number of anilines is 2. The fraction of sp³-hybridized carbons (Fsp3) is 0.556. The molecule has 1 fully saturated rings. The molecule has 0 saturated carbocycles. The number of nitrogens with zero attached hydrogens (tertiary/aromatic N) is 3. The van der Waals surface area contributed by atoms with Crippen molar-refractivity contribution in [2.45, 2.75) is 19.3 Å². The molecule has 0 radical (unpaired) electrons. The maximum absolute atomic E-state index is 5.81. The minimum Gasteiger partial charge on any atom is -0.396 e. The Bertz CT molecular complexity index is 281. The van der Waals surface area contributed by atoms with Gasteiger partial charge in [0, 0.05) is 13.1 Å². The fourth-order valence-corrected chi connectivity index (χ4v) is 1.69. The molecule has 1 aromatic heterocycles. The summed E-state index contributed by atoms with van der Waals surface area (Å²) >= 11 is 0. The highest BCUT2D eigenvalue weighted by Crippen LogP contribution is 2.21. The summed E-state index contributed by atoms with van der Waals surface area (Å²) in [7, 11) is 0. The van der Waals surface area contributed by atoms with Crippen LogP contribution in [-0.2, 0) is 0 Å². The Morgan fingerprint density at radius 2 is 2.00 bits per heavy atom. The molecule has 4 heteroatoms. The second-order valence-corrected chi connectivity index (χ2v) is 3.36. The lowest BCUT2D eigenvalue weighted by Crippen LogP contribution is -2.31. The average molecular weight is 178 g/mol. The molecule has 70 valence electrons. The van der Waals surface area contributed by atoms with Crippen molar-refractivity contribution in [1.82, 2.24) is 10.2 Å². The zero-order valence-electron chi connectivity index (χ0n) is 7.61. The molecule has 0 unspecified atom stereocenters. The van der Waals surface area contributed by atoms with Gasteiger partial charge >= 0.3 is 0 Å². The minimum absolute atomic E-state index is 0.733. The van der Waals surface area contributed by atoms with E-state index in [1.54, 1.807) is 12.3 Å². The molecule has 13 heavy (non-hydrogen) atoms. The molecule has 0 aliphatic carbocycles. The van der Waals surface area contributed by atoms with Crippen molar-refractivity contribution >= 4 is 11.5 Å². The van der Waals surface area contributed by atoms with Gasteiger partial charge in [-0.25, -0.2) is 0 Å². The molecule has 1 aliphatic rings. The number of hydrogen-bond donors (Lipinski definition) is 1. The van der Waals surface area contributed by atoms with Gasteiger partial charge in [0.15, 0.2) is 5.82 Å². The van der Waals surface area contributed by atoms with E-state index < -0.39 is 0 Å². The minimum atomic E-state index is 0.733. The number of nitrogens with two attached hydrogens (primary N) is 1. The largest absolute Gasteiger partial charge is 0.396 e. The smallest absolute Gasteiger partial charge is 0.174 e. The molecular formula is C9H14N4. The Balaban J connectivity index is 2.18. The predicted molar refractivity (Wildman–Crippen MR) is 52.5 cm³/mol. The Morgan fingerprint density at radius 1 is 1.23 bits per heavy atom. The summed E-state index contributed by atoms with van der Waals surface area (Å²) in [6.45, 7) is 2.12. The van der Waals surface area contributed by atoms with Crippen LogP contribution < -0.4 is 10.6 Å². The lowest BCUT2D eigenvalue weighted by molar-refractivity contribution is 0.572. The van der Waals surface area contributed by atoms with Crippen molar-refractivity contribution < 1.29 is 0 Å². The molecule has 0 spiro atoms. The highest BCUT2D eigenvalue weighted by molar-refractivity contribution is 5.61. The molecule has 2 N–H and O–H groups in total. The monoisotopic (exact) mass is 178 g/mol. The first-order valence-electron chi connectivity index (χ1n) is 4.70. The SMILES string of the molecule is Nc1ccnnc1N1CCCCC1. The van der Waals surface area contributed by atoms with Crippen LogP contribution in [0.15, 0.2) is 12.3 Å². The highest BCUT2D eigenvalue weighted by Gasteiger charge is 2.14. The van der Waals surface area contributed by atoms with E-state index in [1.165, 1.54) is 19.3 Å². The molecule has 0 aromatic carbocycles. The van der Waals surface area contributed by atoms with E-state index in [0.29, 0.717) is 0 Å². The van der Waals surface area contributed by atoms with Gasteiger partial charge in [0.05, 0.1) is 11.9 Å². The molecule has 2 rings (SSSR count). The van der Waals surface area contributed by atoms with E-state index in [-0.39, 0.29) is 0 Å². The van der Waals surface area contributed by atoms with Gasteiger partial charge < -0.3 is 10.6 Å². The second-order valence-electron chi connectivity index (χ2n) is 3.36. The average Bonchev–Trinajstić information content (AvgIpc) is 2.20. The summed E-state index contributed by atoms with van der Waals surface area (Å²) in [5, 5.41) is 7.90. The van der Waals surface area contributed by atoms with Crippen molar-refractivity contribution in [3.8, 4) is 0 Å². The Hall–Kier alpha value is -1.32. The van der Waals surface area contributed by atoms with Crippen LogP contribution in [0.1, 0.15) is 19.3 Å². The molecule has 0 bridgehead atoms. The van der Waals surface area contributed by atoms with E-state index >= 15 is 0 Å². The van der Waals surface area contributed by atoms with Crippen LogP contribution in [-0.4, -0.2) is 23.3 Å². The van der Waals surface area contributed by atoms with Crippen molar-refractivity contribution in [3.05, 3.63) is 12.3 Å². The molecule has 1 saturated heterocycles. The number of aromatic nitrogens is 2. The third-order valence-electron chi connectivity index (χ3n) is 2.39. The summed E-state index contributed by atoms with van der Waals surface area (Å²) in [6.07, 6.45) is 5.41. The van der Waals surface area contributed by atoms with Gasteiger partial charge in [0.2, 0.25) is 0 Å². The van der Waals surface area contributed by atoms with E-state index in [4.69, 9.17) is 5.73 Å². The Morgan fingerprint density at radius 3 is 2.69 bits per heavy atom. The van der Waals surface area contributed by atoms with Gasteiger partial charge in [-0.3, -0.25) is 0 Å². The Labute approximate surface area is 77.8 Å². The summed E-state index contributed by atoms with van der Waals surface area (Å²) < 4.78 is 0. The van der Waals surface area contributed by atoms with Crippen molar-refractivity contribution in [2.24, 2.45) is 0 Å². The standard InChI is InChI=1S/C9H14N4/c10-8-4-5-11-12-9(8)13-6-2-1-3-7-13/h4-5H,1-3,6-7H2,(H2,10,11). The first-order valence-corrected chi connectivity index (χ1v) is 4.70. The van der Waals surface area contributed by atoms with Gasteiger partial charge in [-0.1, -0.05) is 0 Å². The van der Waals surface area contributed by atoms with Gasteiger partial charge in [-0.05, 0) is 25.3 Å². The molecule has 1 aromatic rings. The van der Waals surface area contributed by atoms with Crippen LogP contribution in [0, 0.1) is 0 Å². The van der Waals surface area contributed by atoms with E-state index in [0.717, 1.165) is 24.6 Å². The Kier molecular flexibility index (Phi) is 2.29. The van der Waals surface area contributed by atoms with Crippen LogP contribution in [0.3, 0.4) is 0 Å². The summed E-state index contributed by atoms with van der Waals surface area (Å²) in [6, 6.07) is 1.80. The normalized spacial score (nSPS) is 17.4. The van der Waals surface area contributed by atoms with Crippen molar-refractivity contribution in [2.75, 3.05) is 23.7 Å². The molecule has 4 nitrogen and oxygen atoms in total. The molecule has 0 atom stereocenters. The number of piperidine rings is 1. The lowest BCUT2D eigenvalue weighted by atomic mass is 10.1. The maximum atomic E-state index is 5.81.